The number of para-hydroxylation sites is 1. The highest BCUT2D eigenvalue weighted by Crippen LogP contribution is 2.11. The lowest BCUT2D eigenvalue weighted by Gasteiger charge is -2.30. The Morgan fingerprint density at radius 1 is 1.27 bits per heavy atom. The Kier molecular flexibility index (Phi) is 3.84. The van der Waals surface area contributed by atoms with Crippen molar-refractivity contribution in [2.45, 2.75) is 6.10 Å². The van der Waals surface area contributed by atoms with E-state index >= 15 is 0 Å². The van der Waals surface area contributed by atoms with E-state index in [1.54, 1.807) is 0 Å². The van der Waals surface area contributed by atoms with E-state index in [0.717, 1.165) is 5.69 Å². The number of aromatic nitrogens is 3. The fourth-order valence-corrected chi connectivity index (χ4v) is 2.21. The number of hydrogen-bond acceptors (Lipinski definition) is 5. The van der Waals surface area contributed by atoms with Crippen LogP contribution in [0.5, 0.6) is 0 Å². The minimum absolute atomic E-state index is 0.00631. The van der Waals surface area contributed by atoms with Gasteiger partial charge in [-0.15, -0.1) is 5.10 Å². The summed E-state index contributed by atoms with van der Waals surface area (Å²) in [6.07, 6.45) is 0.532. The van der Waals surface area contributed by atoms with Gasteiger partial charge in [0.2, 0.25) is 0 Å². The number of aliphatic carboxylic acids is 1. The molecule has 1 aliphatic rings. The summed E-state index contributed by atoms with van der Waals surface area (Å²) in [5, 5.41) is 16.8. The summed E-state index contributed by atoms with van der Waals surface area (Å²) in [4.78, 5) is 24.7. The van der Waals surface area contributed by atoms with Gasteiger partial charge in [-0.05, 0) is 12.1 Å². The molecular formula is C14H14N4O4. The predicted octanol–water partition coefficient (Wildman–Crippen LogP) is 0.193. The molecule has 2 heterocycles. The highest BCUT2D eigenvalue weighted by atomic mass is 16.5. The zero-order valence-corrected chi connectivity index (χ0v) is 11.6. The molecule has 8 nitrogen and oxygen atoms in total. The molecule has 0 radical (unpaired) electrons. The molecule has 1 unspecified atom stereocenters. The summed E-state index contributed by atoms with van der Waals surface area (Å²) in [6, 6.07) is 9.29. The Morgan fingerprint density at radius 3 is 2.77 bits per heavy atom. The van der Waals surface area contributed by atoms with E-state index in [-0.39, 0.29) is 24.8 Å². The van der Waals surface area contributed by atoms with Crippen LogP contribution in [0.15, 0.2) is 36.5 Å². The number of rotatable bonds is 3. The number of ether oxygens (including phenoxy) is 1. The zero-order valence-electron chi connectivity index (χ0n) is 11.6. The summed E-state index contributed by atoms with van der Waals surface area (Å²) in [5.41, 5.74) is 0.967. The molecule has 22 heavy (non-hydrogen) atoms. The van der Waals surface area contributed by atoms with Crippen molar-refractivity contribution in [2.75, 3.05) is 19.7 Å². The molecule has 1 fully saturated rings. The molecule has 1 atom stereocenters. The number of amides is 1. The Hall–Kier alpha value is -2.74. The molecular weight excluding hydrogens is 288 g/mol. The van der Waals surface area contributed by atoms with Gasteiger partial charge in [-0.1, -0.05) is 23.4 Å². The van der Waals surface area contributed by atoms with Crippen molar-refractivity contribution in [3.8, 4) is 5.69 Å². The van der Waals surface area contributed by atoms with Crippen LogP contribution in [0, 0.1) is 0 Å². The molecule has 1 N–H and O–H groups in total. The highest BCUT2D eigenvalue weighted by molar-refractivity contribution is 5.92. The minimum Gasteiger partial charge on any atom is -0.479 e. The summed E-state index contributed by atoms with van der Waals surface area (Å²) in [7, 11) is 0. The maximum atomic E-state index is 12.4. The summed E-state index contributed by atoms with van der Waals surface area (Å²) in [6.45, 7) is 0.530. The van der Waals surface area contributed by atoms with E-state index in [1.807, 2.05) is 30.3 Å². The van der Waals surface area contributed by atoms with E-state index in [0.29, 0.717) is 6.54 Å². The number of nitrogens with zero attached hydrogens (tertiary/aromatic N) is 4. The van der Waals surface area contributed by atoms with Crippen molar-refractivity contribution in [3.05, 3.63) is 42.2 Å². The minimum atomic E-state index is -1.08. The van der Waals surface area contributed by atoms with Crippen molar-refractivity contribution >= 4 is 11.9 Å². The van der Waals surface area contributed by atoms with Gasteiger partial charge in [0.05, 0.1) is 25.0 Å². The fraction of sp³-hybridized carbons (Fsp3) is 0.286. The standard InChI is InChI=1S/C14H14N4O4/c19-13(17-6-7-22-12(9-17)14(20)21)11-8-18(16-15-11)10-4-2-1-3-5-10/h1-5,8,12H,6-7,9H2,(H,20,21). The van der Waals surface area contributed by atoms with Crippen LogP contribution in [0.1, 0.15) is 10.5 Å². The lowest BCUT2D eigenvalue weighted by atomic mass is 10.2. The molecule has 1 aliphatic heterocycles. The van der Waals surface area contributed by atoms with Crippen LogP contribution in [0.4, 0.5) is 0 Å². The maximum Gasteiger partial charge on any atom is 0.334 e. The number of morpholine rings is 1. The van der Waals surface area contributed by atoms with Crippen molar-refractivity contribution < 1.29 is 19.4 Å². The molecule has 1 saturated heterocycles. The van der Waals surface area contributed by atoms with Crippen molar-refractivity contribution in [3.63, 3.8) is 0 Å². The van der Waals surface area contributed by atoms with Gasteiger partial charge in [0.1, 0.15) is 0 Å². The smallest absolute Gasteiger partial charge is 0.334 e. The van der Waals surface area contributed by atoms with E-state index in [1.165, 1.54) is 15.8 Å². The first kappa shape index (κ1) is 14.2. The summed E-state index contributed by atoms with van der Waals surface area (Å²) in [5.74, 6) is -1.43. The van der Waals surface area contributed by atoms with Gasteiger partial charge in [0.25, 0.3) is 5.91 Å². The van der Waals surface area contributed by atoms with Gasteiger partial charge < -0.3 is 14.7 Å². The maximum absolute atomic E-state index is 12.4. The predicted molar refractivity (Wildman–Crippen MR) is 74.6 cm³/mol. The topological polar surface area (TPSA) is 97.6 Å². The molecule has 114 valence electrons. The van der Waals surface area contributed by atoms with Crippen LogP contribution in [0.25, 0.3) is 5.69 Å². The number of carboxylic acids is 1. The van der Waals surface area contributed by atoms with E-state index in [9.17, 15) is 9.59 Å². The van der Waals surface area contributed by atoms with Crippen molar-refractivity contribution in [1.29, 1.82) is 0 Å². The Morgan fingerprint density at radius 2 is 2.05 bits per heavy atom. The molecule has 1 amide bonds. The molecule has 1 aromatic carbocycles. The van der Waals surface area contributed by atoms with Gasteiger partial charge in [-0.25, -0.2) is 9.48 Å². The Labute approximate surface area is 125 Å². The number of hydrogen-bond donors (Lipinski definition) is 1. The fourth-order valence-electron chi connectivity index (χ4n) is 2.21. The van der Waals surface area contributed by atoms with Crippen LogP contribution in [0.3, 0.4) is 0 Å². The van der Waals surface area contributed by atoms with Crippen LogP contribution < -0.4 is 0 Å². The molecule has 8 heteroatoms. The molecule has 2 aromatic rings. The normalized spacial score (nSPS) is 18.2. The second kappa shape index (κ2) is 5.94. The lowest BCUT2D eigenvalue weighted by Crippen LogP contribution is -2.48. The molecule has 0 spiro atoms. The molecule has 1 aromatic heterocycles. The van der Waals surface area contributed by atoms with Gasteiger partial charge in [0, 0.05) is 6.54 Å². The van der Waals surface area contributed by atoms with Crippen molar-refractivity contribution in [1.82, 2.24) is 19.9 Å². The first-order valence-electron chi connectivity index (χ1n) is 6.76. The second-order valence-electron chi connectivity index (χ2n) is 4.83. The molecule has 0 aliphatic carbocycles. The van der Waals surface area contributed by atoms with Gasteiger partial charge in [0.15, 0.2) is 11.8 Å². The lowest BCUT2D eigenvalue weighted by molar-refractivity contribution is -0.154. The third kappa shape index (κ3) is 2.82. The molecule has 3 rings (SSSR count). The number of carbonyl (C=O) groups excluding carboxylic acids is 1. The third-order valence-corrected chi connectivity index (χ3v) is 3.36. The van der Waals surface area contributed by atoms with E-state index in [2.05, 4.69) is 10.3 Å². The summed E-state index contributed by atoms with van der Waals surface area (Å²) >= 11 is 0. The van der Waals surface area contributed by atoms with Crippen LogP contribution >= 0.6 is 0 Å². The van der Waals surface area contributed by atoms with E-state index < -0.39 is 12.1 Å². The number of benzene rings is 1. The SMILES string of the molecule is O=C(O)C1CN(C(=O)c2cn(-c3ccccc3)nn2)CCO1. The van der Waals surface area contributed by atoms with Crippen LogP contribution in [0.2, 0.25) is 0 Å². The van der Waals surface area contributed by atoms with Gasteiger partial charge >= 0.3 is 5.97 Å². The first-order valence-corrected chi connectivity index (χ1v) is 6.76. The largest absolute Gasteiger partial charge is 0.479 e. The van der Waals surface area contributed by atoms with Gasteiger partial charge in [-0.3, -0.25) is 4.79 Å². The average Bonchev–Trinajstić information content (AvgIpc) is 3.05. The number of carboxylic acid groups (broad SMARTS) is 1. The van der Waals surface area contributed by atoms with Crippen molar-refractivity contribution in [2.24, 2.45) is 0 Å². The monoisotopic (exact) mass is 302 g/mol. The third-order valence-electron chi connectivity index (χ3n) is 3.36. The second-order valence-corrected chi connectivity index (χ2v) is 4.83. The van der Waals surface area contributed by atoms with Gasteiger partial charge in [-0.2, -0.15) is 0 Å². The average molecular weight is 302 g/mol. The van der Waals surface area contributed by atoms with E-state index in [4.69, 9.17) is 9.84 Å². The molecule has 0 saturated carbocycles. The highest BCUT2D eigenvalue weighted by Gasteiger charge is 2.30. The van der Waals surface area contributed by atoms with Crippen LogP contribution in [-0.2, 0) is 9.53 Å². The first-order chi connectivity index (χ1) is 10.6. The summed E-state index contributed by atoms with van der Waals surface area (Å²) < 4.78 is 6.60. The Bertz CT molecular complexity index is 685. The quantitative estimate of drug-likeness (QED) is 0.869. The number of carbonyl (C=O) groups is 2. The zero-order chi connectivity index (χ0) is 15.5. The Balaban J connectivity index is 1.76. The van der Waals surface area contributed by atoms with Crippen LogP contribution in [-0.4, -0.2) is 62.7 Å². The molecule has 0 bridgehead atoms.